The Morgan fingerprint density at radius 3 is 2.84 bits per heavy atom. The summed E-state index contributed by atoms with van der Waals surface area (Å²) >= 11 is 5.99. The molecule has 1 amide bonds. The zero-order chi connectivity index (χ0) is 14.0. The van der Waals surface area contributed by atoms with Gasteiger partial charge in [0, 0.05) is 40.5 Å². The summed E-state index contributed by atoms with van der Waals surface area (Å²) in [6, 6.07) is 5.83. The van der Waals surface area contributed by atoms with E-state index in [9.17, 15) is 4.79 Å². The fourth-order valence-electron chi connectivity index (χ4n) is 2.20. The number of nitrogens with one attached hydrogen (secondary N) is 2. The summed E-state index contributed by atoms with van der Waals surface area (Å²) in [4.78, 5) is 14.6. The zero-order valence-electron chi connectivity index (χ0n) is 11.5. The second-order valence-corrected chi connectivity index (χ2v) is 5.84. The number of amides is 1. The number of carbonyl (C=O) groups excluding carboxylic acids is 1. The Bertz CT molecular complexity index is 601. The Morgan fingerprint density at radius 1 is 1.42 bits per heavy atom. The molecule has 0 saturated heterocycles. The molecule has 0 bridgehead atoms. The molecule has 0 unspecified atom stereocenters. The van der Waals surface area contributed by atoms with E-state index in [0.29, 0.717) is 13.0 Å². The highest BCUT2D eigenvalue weighted by molar-refractivity contribution is 6.31. The second kappa shape index (κ2) is 5.25. The molecule has 1 aromatic carbocycles. The van der Waals surface area contributed by atoms with Gasteiger partial charge < -0.3 is 10.3 Å². The minimum absolute atomic E-state index is 0.0796. The van der Waals surface area contributed by atoms with Crippen molar-refractivity contribution in [2.45, 2.75) is 32.6 Å². The van der Waals surface area contributed by atoms with Gasteiger partial charge in [-0.25, -0.2) is 0 Å². The fraction of sp³-hybridized carbons (Fsp3) is 0.400. The summed E-state index contributed by atoms with van der Waals surface area (Å²) in [7, 11) is 0. The standard InChI is InChI=1S/C15H19ClN2O/c1-4-14(19)18-9-15(2,3)12-8-17-13-7-10(16)5-6-11(12)13/h5-8,17H,4,9H2,1-3H3,(H,18,19). The van der Waals surface area contributed by atoms with Crippen molar-refractivity contribution in [3.63, 3.8) is 0 Å². The van der Waals surface area contributed by atoms with E-state index in [1.165, 1.54) is 5.56 Å². The second-order valence-electron chi connectivity index (χ2n) is 5.41. The molecule has 0 spiro atoms. The van der Waals surface area contributed by atoms with E-state index in [1.807, 2.05) is 31.3 Å². The van der Waals surface area contributed by atoms with E-state index in [0.717, 1.165) is 15.9 Å². The van der Waals surface area contributed by atoms with Crippen LogP contribution in [0, 0.1) is 0 Å². The molecule has 4 heteroatoms. The normalized spacial score (nSPS) is 11.8. The predicted molar refractivity (Wildman–Crippen MR) is 79.6 cm³/mol. The van der Waals surface area contributed by atoms with Crippen molar-refractivity contribution in [2.75, 3.05) is 6.54 Å². The number of hydrogen-bond donors (Lipinski definition) is 2. The SMILES string of the molecule is CCC(=O)NCC(C)(C)c1c[nH]c2cc(Cl)ccc12. The third-order valence-corrected chi connectivity index (χ3v) is 3.66. The summed E-state index contributed by atoms with van der Waals surface area (Å²) in [6.07, 6.45) is 2.51. The van der Waals surface area contributed by atoms with Crippen LogP contribution in [-0.2, 0) is 10.2 Å². The van der Waals surface area contributed by atoms with Crippen molar-refractivity contribution in [1.82, 2.24) is 10.3 Å². The van der Waals surface area contributed by atoms with Crippen molar-refractivity contribution in [1.29, 1.82) is 0 Å². The molecule has 102 valence electrons. The number of hydrogen-bond acceptors (Lipinski definition) is 1. The Labute approximate surface area is 118 Å². The van der Waals surface area contributed by atoms with E-state index < -0.39 is 0 Å². The summed E-state index contributed by atoms with van der Waals surface area (Å²) < 4.78 is 0. The van der Waals surface area contributed by atoms with E-state index in [4.69, 9.17) is 11.6 Å². The van der Waals surface area contributed by atoms with Gasteiger partial charge in [0.25, 0.3) is 0 Å². The number of rotatable bonds is 4. The van der Waals surface area contributed by atoms with Crippen LogP contribution in [0.15, 0.2) is 24.4 Å². The molecule has 3 nitrogen and oxygen atoms in total. The Morgan fingerprint density at radius 2 is 2.16 bits per heavy atom. The van der Waals surface area contributed by atoms with Crippen LogP contribution in [0.3, 0.4) is 0 Å². The molecule has 2 rings (SSSR count). The van der Waals surface area contributed by atoms with Gasteiger partial charge in [-0.1, -0.05) is 38.4 Å². The zero-order valence-corrected chi connectivity index (χ0v) is 12.3. The van der Waals surface area contributed by atoms with Crippen molar-refractivity contribution in [3.05, 3.63) is 35.0 Å². The lowest BCUT2D eigenvalue weighted by atomic mass is 9.84. The number of aromatic nitrogens is 1. The average Bonchev–Trinajstić information content (AvgIpc) is 2.79. The van der Waals surface area contributed by atoms with Crippen molar-refractivity contribution in [3.8, 4) is 0 Å². The smallest absolute Gasteiger partial charge is 0.219 e. The number of benzene rings is 1. The first-order valence-electron chi connectivity index (χ1n) is 6.48. The highest BCUT2D eigenvalue weighted by Gasteiger charge is 2.24. The van der Waals surface area contributed by atoms with Crippen LogP contribution in [0.2, 0.25) is 5.02 Å². The highest BCUT2D eigenvalue weighted by Crippen LogP contribution is 2.31. The van der Waals surface area contributed by atoms with Gasteiger partial charge in [0.05, 0.1) is 0 Å². The number of H-pyrrole nitrogens is 1. The number of halogens is 1. The minimum atomic E-state index is -0.128. The summed E-state index contributed by atoms with van der Waals surface area (Å²) in [5.41, 5.74) is 2.09. The molecule has 2 aromatic rings. The average molecular weight is 279 g/mol. The van der Waals surface area contributed by atoms with Gasteiger partial charge in [0.2, 0.25) is 5.91 Å². The molecular formula is C15H19ClN2O. The third kappa shape index (κ3) is 2.92. The van der Waals surface area contributed by atoms with Gasteiger partial charge in [-0.05, 0) is 17.7 Å². The topological polar surface area (TPSA) is 44.9 Å². The molecule has 0 atom stereocenters. The number of aromatic amines is 1. The van der Waals surface area contributed by atoms with Crippen molar-refractivity contribution >= 4 is 28.4 Å². The van der Waals surface area contributed by atoms with Crippen LogP contribution < -0.4 is 5.32 Å². The maximum atomic E-state index is 11.4. The van der Waals surface area contributed by atoms with E-state index in [-0.39, 0.29) is 11.3 Å². The Hall–Kier alpha value is -1.48. The number of fused-ring (bicyclic) bond motifs is 1. The van der Waals surface area contributed by atoms with Crippen LogP contribution in [-0.4, -0.2) is 17.4 Å². The molecule has 0 radical (unpaired) electrons. The third-order valence-electron chi connectivity index (χ3n) is 3.42. The highest BCUT2D eigenvalue weighted by atomic mass is 35.5. The molecule has 0 saturated carbocycles. The first-order valence-corrected chi connectivity index (χ1v) is 6.85. The molecule has 1 aromatic heterocycles. The van der Waals surface area contributed by atoms with Crippen molar-refractivity contribution in [2.24, 2.45) is 0 Å². The van der Waals surface area contributed by atoms with Gasteiger partial charge in [-0.2, -0.15) is 0 Å². The lowest BCUT2D eigenvalue weighted by molar-refractivity contribution is -0.121. The van der Waals surface area contributed by atoms with Gasteiger partial charge in [-0.3, -0.25) is 4.79 Å². The van der Waals surface area contributed by atoms with Crippen LogP contribution >= 0.6 is 11.6 Å². The Balaban J connectivity index is 2.29. The lowest BCUT2D eigenvalue weighted by Crippen LogP contribution is -2.36. The van der Waals surface area contributed by atoms with Crippen LogP contribution in [0.25, 0.3) is 10.9 Å². The van der Waals surface area contributed by atoms with E-state index in [2.05, 4.69) is 24.1 Å². The molecule has 0 aliphatic carbocycles. The van der Waals surface area contributed by atoms with E-state index >= 15 is 0 Å². The molecule has 0 aliphatic heterocycles. The number of carbonyl (C=O) groups is 1. The van der Waals surface area contributed by atoms with Crippen LogP contribution in [0.1, 0.15) is 32.8 Å². The van der Waals surface area contributed by atoms with Gasteiger partial charge >= 0.3 is 0 Å². The van der Waals surface area contributed by atoms with Crippen molar-refractivity contribution < 1.29 is 4.79 Å². The van der Waals surface area contributed by atoms with Crippen LogP contribution in [0.4, 0.5) is 0 Å². The fourth-order valence-corrected chi connectivity index (χ4v) is 2.37. The summed E-state index contributed by atoms with van der Waals surface area (Å²) in [5, 5.41) is 4.83. The van der Waals surface area contributed by atoms with E-state index in [1.54, 1.807) is 0 Å². The first-order chi connectivity index (χ1) is 8.94. The van der Waals surface area contributed by atoms with Crippen LogP contribution in [0.5, 0.6) is 0 Å². The Kier molecular flexibility index (Phi) is 3.85. The first kappa shape index (κ1) is 13.9. The predicted octanol–water partition coefficient (Wildman–Crippen LogP) is 3.63. The van der Waals surface area contributed by atoms with Gasteiger partial charge in [0.15, 0.2) is 0 Å². The largest absolute Gasteiger partial charge is 0.361 e. The quantitative estimate of drug-likeness (QED) is 0.881. The summed E-state index contributed by atoms with van der Waals surface area (Å²) in [5.74, 6) is 0.0796. The molecule has 0 fully saturated rings. The summed E-state index contributed by atoms with van der Waals surface area (Å²) in [6.45, 7) is 6.73. The molecule has 2 N–H and O–H groups in total. The molecule has 19 heavy (non-hydrogen) atoms. The molecular weight excluding hydrogens is 260 g/mol. The molecule has 0 aliphatic rings. The minimum Gasteiger partial charge on any atom is -0.361 e. The monoisotopic (exact) mass is 278 g/mol. The maximum absolute atomic E-state index is 11.4. The molecule has 1 heterocycles. The maximum Gasteiger partial charge on any atom is 0.219 e. The van der Waals surface area contributed by atoms with Gasteiger partial charge in [0.1, 0.15) is 0 Å². The van der Waals surface area contributed by atoms with Gasteiger partial charge in [-0.15, -0.1) is 0 Å². The lowest BCUT2D eigenvalue weighted by Gasteiger charge is -2.24.